The molecule has 0 fully saturated rings. The van der Waals surface area contributed by atoms with E-state index in [9.17, 15) is 9.90 Å². The zero-order valence-corrected chi connectivity index (χ0v) is 14.2. The third-order valence-corrected chi connectivity index (χ3v) is 5.03. The number of rotatable bonds is 6. The molecule has 0 amide bonds. The van der Waals surface area contributed by atoms with Crippen LogP contribution in [0, 0.1) is 0 Å². The normalized spacial score (nSPS) is 10.6. The van der Waals surface area contributed by atoms with Crippen LogP contribution in [0.4, 0.5) is 0 Å². The van der Waals surface area contributed by atoms with Gasteiger partial charge in [-0.2, -0.15) is 0 Å². The number of carbonyl (C=O) groups is 1. The lowest BCUT2D eigenvalue weighted by Gasteiger charge is -2.04. The summed E-state index contributed by atoms with van der Waals surface area (Å²) in [6.07, 6.45) is 0.528. The summed E-state index contributed by atoms with van der Waals surface area (Å²) in [6, 6.07) is 18.9. The highest BCUT2D eigenvalue weighted by molar-refractivity contribution is 7.17. The van der Waals surface area contributed by atoms with Crippen molar-refractivity contribution in [3.63, 3.8) is 0 Å². The van der Waals surface area contributed by atoms with E-state index in [0.717, 1.165) is 21.8 Å². The van der Waals surface area contributed by atoms with Crippen LogP contribution in [0.3, 0.4) is 0 Å². The van der Waals surface area contributed by atoms with Crippen molar-refractivity contribution in [2.75, 3.05) is 13.7 Å². The molecule has 0 aliphatic heterocycles. The summed E-state index contributed by atoms with van der Waals surface area (Å²) in [7, 11) is 1.63. The SMILES string of the molecule is COc1ccc(-c2sc(C(=O)c3ccccc3)cc2CCO)cc1. The number of hydrogen-bond acceptors (Lipinski definition) is 4. The van der Waals surface area contributed by atoms with Crippen LogP contribution in [0.15, 0.2) is 60.7 Å². The van der Waals surface area contributed by atoms with Crippen LogP contribution in [0.2, 0.25) is 0 Å². The Labute approximate surface area is 145 Å². The summed E-state index contributed by atoms with van der Waals surface area (Å²) in [4.78, 5) is 14.4. The van der Waals surface area contributed by atoms with Crippen molar-refractivity contribution in [1.29, 1.82) is 0 Å². The Hall–Kier alpha value is -2.43. The lowest BCUT2D eigenvalue weighted by atomic mass is 10.1. The quantitative estimate of drug-likeness (QED) is 0.686. The number of carbonyl (C=O) groups excluding carboxylic acids is 1. The molecule has 0 spiro atoms. The molecular formula is C20H18O3S. The average molecular weight is 338 g/mol. The highest BCUT2D eigenvalue weighted by Crippen LogP contribution is 2.35. The molecule has 1 N–H and O–H groups in total. The fourth-order valence-corrected chi connectivity index (χ4v) is 3.74. The van der Waals surface area contributed by atoms with Crippen molar-refractivity contribution < 1.29 is 14.6 Å². The molecule has 1 aromatic heterocycles. The van der Waals surface area contributed by atoms with Crippen LogP contribution in [0.5, 0.6) is 5.75 Å². The van der Waals surface area contributed by atoms with Crippen LogP contribution in [-0.4, -0.2) is 24.6 Å². The zero-order chi connectivity index (χ0) is 16.9. The van der Waals surface area contributed by atoms with Gasteiger partial charge in [0, 0.05) is 17.0 Å². The molecule has 122 valence electrons. The summed E-state index contributed by atoms with van der Waals surface area (Å²) < 4.78 is 5.19. The Balaban J connectivity index is 1.99. The smallest absolute Gasteiger partial charge is 0.202 e. The molecule has 0 bridgehead atoms. The van der Waals surface area contributed by atoms with Gasteiger partial charge >= 0.3 is 0 Å². The summed E-state index contributed by atoms with van der Waals surface area (Å²) >= 11 is 1.47. The number of ketones is 1. The van der Waals surface area contributed by atoms with Crippen molar-refractivity contribution in [2.24, 2.45) is 0 Å². The highest BCUT2D eigenvalue weighted by Gasteiger charge is 2.17. The van der Waals surface area contributed by atoms with Gasteiger partial charge in [0.15, 0.2) is 0 Å². The third kappa shape index (κ3) is 3.40. The molecule has 3 rings (SSSR count). The average Bonchev–Trinajstić information content (AvgIpc) is 3.06. The summed E-state index contributed by atoms with van der Waals surface area (Å²) in [5, 5.41) is 9.34. The minimum atomic E-state index is 0.0135. The van der Waals surface area contributed by atoms with Gasteiger partial charge in [-0.25, -0.2) is 0 Å². The molecule has 4 heteroatoms. The first-order valence-electron chi connectivity index (χ1n) is 7.70. The molecule has 0 aliphatic rings. The standard InChI is InChI=1S/C20H18O3S/c1-23-17-9-7-15(8-10-17)20-16(11-12-21)13-18(24-20)19(22)14-5-3-2-4-6-14/h2-10,13,21H,11-12H2,1H3. The molecule has 0 saturated carbocycles. The van der Waals surface area contributed by atoms with Crippen LogP contribution < -0.4 is 4.74 Å². The van der Waals surface area contributed by atoms with Crippen LogP contribution in [-0.2, 0) is 6.42 Å². The summed E-state index contributed by atoms with van der Waals surface area (Å²) in [5.41, 5.74) is 2.69. The van der Waals surface area contributed by atoms with Gasteiger partial charge in [0.25, 0.3) is 0 Å². The van der Waals surface area contributed by atoms with Crippen LogP contribution in [0.1, 0.15) is 20.8 Å². The third-order valence-electron chi connectivity index (χ3n) is 3.80. The van der Waals surface area contributed by atoms with Crippen molar-refractivity contribution in [1.82, 2.24) is 0 Å². The number of ether oxygens (including phenoxy) is 1. The van der Waals surface area contributed by atoms with Crippen molar-refractivity contribution in [2.45, 2.75) is 6.42 Å². The second kappa shape index (κ2) is 7.43. The summed E-state index contributed by atoms with van der Waals surface area (Å²) in [6.45, 7) is 0.0544. The monoisotopic (exact) mass is 338 g/mol. The predicted molar refractivity (Wildman–Crippen MR) is 97.0 cm³/mol. The molecule has 3 nitrogen and oxygen atoms in total. The van der Waals surface area contributed by atoms with Crippen LogP contribution >= 0.6 is 11.3 Å². The lowest BCUT2D eigenvalue weighted by Crippen LogP contribution is -1.97. The summed E-state index contributed by atoms with van der Waals surface area (Å²) in [5.74, 6) is 0.805. The number of benzene rings is 2. The maximum atomic E-state index is 12.7. The van der Waals surface area contributed by atoms with E-state index in [1.165, 1.54) is 11.3 Å². The fraction of sp³-hybridized carbons (Fsp3) is 0.150. The van der Waals surface area contributed by atoms with E-state index in [4.69, 9.17) is 4.74 Å². The van der Waals surface area contributed by atoms with Gasteiger partial charge in [-0.1, -0.05) is 30.3 Å². The Morgan fingerprint density at radius 3 is 2.42 bits per heavy atom. The number of methoxy groups -OCH3 is 1. The first kappa shape index (κ1) is 16.4. The van der Waals surface area contributed by atoms with Gasteiger partial charge in [0.1, 0.15) is 5.75 Å². The Kier molecular flexibility index (Phi) is 5.08. The minimum Gasteiger partial charge on any atom is -0.497 e. The first-order valence-corrected chi connectivity index (χ1v) is 8.52. The van der Waals surface area contributed by atoms with E-state index in [2.05, 4.69) is 0 Å². The lowest BCUT2D eigenvalue weighted by molar-refractivity contribution is 0.104. The maximum Gasteiger partial charge on any atom is 0.202 e. The molecule has 0 unspecified atom stereocenters. The van der Waals surface area contributed by atoms with Crippen molar-refractivity contribution in [3.8, 4) is 16.2 Å². The van der Waals surface area contributed by atoms with Crippen LogP contribution in [0.25, 0.3) is 10.4 Å². The Morgan fingerprint density at radius 2 is 1.79 bits per heavy atom. The first-order chi connectivity index (χ1) is 11.7. The number of hydrogen-bond donors (Lipinski definition) is 1. The van der Waals surface area contributed by atoms with Crippen molar-refractivity contribution in [3.05, 3.63) is 76.7 Å². The molecule has 24 heavy (non-hydrogen) atoms. The van der Waals surface area contributed by atoms with Crippen molar-refractivity contribution >= 4 is 17.1 Å². The number of thiophene rings is 1. The van der Waals surface area contributed by atoms with E-state index in [1.54, 1.807) is 7.11 Å². The molecular weight excluding hydrogens is 320 g/mol. The van der Waals surface area contributed by atoms with E-state index in [1.807, 2.05) is 60.7 Å². The number of aliphatic hydroxyl groups excluding tert-OH is 1. The topological polar surface area (TPSA) is 46.5 Å². The van der Waals surface area contributed by atoms with Gasteiger partial charge in [-0.3, -0.25) is 4.79 Å². The van der Waals surface area contributed by atoms with E-state index in [0.29, 0.717) is 16.9 Å². The van der Waals surface area contributed by atoms with Gasteiger partial charge < -0.3 is 9.84 Å². The predicted octanol–water partition coefficient (Wildman–Crippen LogP) is 4.19. The van der Waals surface area contributed by atoms with E-state index >= 15 is 0 Å². The van der Waals surface area contributed by atoms with Gasteiger partial charge in [-0.15, -0.1) is 11.3 Å². The maximum absolute atomic E-state index is 12.7. The Morgan fingerprint density at radius 1 is 1.08 bits per heavy atom. The fourth-order valence-electron chi connectivity index (χ4n) is 2.57. The molecule has 2 aromatic carbocycles. The minimum absolute atomic E-state index is 0.0135. The second-order valence-corrected chi connectivity index (χ2v) is 6.41. The largest absolute Gasteiger partial charge is 0.497 e. The molecule has 0 radical (unpaired) electrons. The Bertz CT molecular complexity index is 820. The molecule has 0 aliphatic carbocycles. The van der Waals surface area contributed by atoms with Gasteiger partial charge in [0.2, 0.25) is 5.78 Å². The van der Waals surface area contributed by atoms with Gasteiger partial charge in [0.05, 0.1) is 12.0 Å². The molecule has 0 atom stereocenters. The number of aliphatic hydroxyl groups is 1. The van der Waals surface area contributed by atoms with Gasteiger partial charge in [-0.05, 0) is 47.9 Å². The highest BCUT2D eigenvalue weighted by atomic mass is 32.1. The molecule has 3 aromatic rings. The molecule has 1 heterocycles. The second-order valence-electron chi connectivity index (χ2n) is 5.36. The zero-order valence-electron chi connectivity index (χ0n) is 13.4. The van der Waals surface area contributed by atoms with E-state index < -0.39 is 0 Å². The van der Waals surface area contributed by atoms with E-state index in [-0.39, 0.29) is 12.4 Å². The molecule has 0 saturated heterocycles.